The molecular weight excluding hydrogens is 267 g/mol. The maximum atomic E-state index is 12.9. The number of nitrogens with zero attached hydrogens (tertiary/aromatic N) is 2. The number of aryl methyl sites for hydroxylation is 1. The van der Waals surface area contributed by atoms with Gasteiger partial charge in [0.25, 0.3) is 0 Å². The van der Waals surface area contributed by atoms with E-state index < -0.39 is 0 Å². The van der Waals surface area contributed by atoms with E-state index in [0.29, 0.717) is 0 Å². The van der Waals surface area contributed by atoms with Gasteiger partial charge >= 0.3 is 0 Å². The van der Waals surface area contributed by atoms with Gasteiger partial charge in [0.1, 0.15) is 23.3 Å². The number of anilines is 2. The van der Waals surface area contributed by atoms with Crippen LogP contribution in [-0.4, -0.2) is 23.6 Å². The SMILES string of the molecule is CCc1nc(NC)c(C)c(NCCc2ccc(F)cc2)n1. The molecule has 5 heteroatoms. The average molecular weight is 288 g/mol. The highest BCUT2D eigenvalue weighted by molar-refractivity contribution is 5.57. The molecular formula is C16H21FN4. The van der Waals surface area contributed by atoms with E-state index in [-0.39, 0.29) is 5.82 Å². The van der Waals surface area contributed by atoms with Gasteiger partial charge in [-0.15, -0.1) is 0 Å². The molecule has 0 amide bonds. The Morgan fingerprint density at radius 1 is 1.10 bits per heavy atom. The maximum Gasteiger partial charge on any atom is 0.134 e. The Morgan fingerprint density at radius 3 is 2.38 bits per heavy atom. The first kappa shape index (κ1) is 15.2. The van der Waals surface area contributed by atoms with E-state index in [1.54, 1.807) is 12.1 Å². The maximum absolute atomic E-state index is 12.9. The van der Waals surface area contributed by atoms with E-state index in [9.17, 15) is 4.39 Å². The van der Waals surface area contributed by atoms with E-state index in [1.165, 1.54) is 12.1 Å². The van der Waals surface area contributed by atoms with Crippen LogP contribution in [0.3, 0.4) is 0 Å². The molecule has 0 fully saturated rings. The van der Waals surface area contributed by atoms with Crippen LogP contribution in [0.5, 0.6) is 0 Å². The van der Waals surface area contributed by atoms with Crippen LogP contribution < -0.4 is 10.6 Å². The number of rotatable bonds is 6. The van der Waals surface area contributed by atoms with Gasteiger partial charge in [0.15, 0.2) is 0 Å². The fraction of sp³-hybridized carbons (Fsp3) is 0.375. The molecule has 0 unspecified atom stereocenters. The Labute approximate surface area is 124 Å². The molecule has 1 aromatic carbocycles. The Morgan fingerprint density at radius 2 is 1.76 bits per heavy atom. The van der Waals surface area contributed by atoms with Gasteiger partial charge in [-0.3, -0.25) is 0 Å². The molecule has 0 saturated carbocycles. The van der Waals surface area contributed by atoms with Crippen molar-refractivity contribution in [3.05, 3.63) is 47.0 Å². The van der Waals surface area contributed by atoms with E-state index in [2.05, 4.69) is 20.6 Å². The number of hydrogen-bond acceptors (Lipinski definition) is 4. The zero-order chi connectivity index (χ0) is 15.2. The van der Waals surface area contributed by atoms with E-state index in [0.717, 1.165) is 48.0 Å². The topological polar surface area (TPSA) is 49.8 Å². The first-order valence-electron chi connectivity index (χ1n) is 7.17. The lowest BCUT2D eigenvalue weighted by molar-refractivity contribution is 0.627. The van der Waals surface area contributed by atoms with E-state index >= 15 is 0 Å². The lowest BCUT2D eigenvalue weighted by atomic mass is 10.1. The second-order valence-electron chi connectivity index (χ2n) is 4.87. The van der Waals surface area contributed by atoms with Crippen molar-refractivity contribution in [2.45, 2.75) is 26.7 Å². The van der Waals surface area contributed by atoms with E-state index in [1.807, 2.05) is 20.9 Å². The van der Waals surface area contributed by atoms with Crippen molar-refractivity contribution in [1.29, 1.82) is 0 Å². The molecule has 2 N–H and O–H groups in total. The van der Waals surface area contributed by atoms with Crippen LogP contribution in [0.15, 0.2) is 24.3 Å². The molecule has 0 bridgehead atoms. The number of nitrogens with one attached hydrogen (secondary N) is 2. The highest BCUT2D eigenvalue weighted by atomic mass is 19.1. The smallest absolute Gasteiger partial charge is 0.134 e. The fourth-order valence-electron chi connectivity index (χ4n) is 2.11. The van der Waals surface area contributed by atoms with Crippen molar-refractivity contribution in [2.75, 3.05) is 24.2 Å². The van der Waals surface area contributed by atoms with Crippen LogP contribution in [0.25, 0.3) is 0 Å². The minimum Gasteiger partial charge on any atom is -0.373 e. The summed E-state index contributed by atoms with van der Waals surface area (Å²) in [6, 6.07) is 6.58. The average Bonchev–Trinajstić information content (AvgIpc) is 2.51. The summed E-state index contributed by atoms with van der Waals surface area (Å²) in [5.41, 5.74) is 2.11. The fourth-order valence-corrected chi connectivity index (χ4v) is 2.11. The van der Waals surface area contributed by atoms with Gasteiger partial charge < -0.3 is 10.6 Å². The summed E-state index contributed by atoms with van der Waals surface area (Å²) in [6.07, 6.45) is 1.61. The van der Waals surface area contributed by atoms with Crippen LogP contribution in [0.2, 0.25) is 0 Å². The molecule has 21 heavy (non-hydrogen) atoms. The summed E-state index contributed by atoms with van der Waals surface area (Å²) in [6.45, 7) is 4.77. The molecule has 1 heterocycles. The Bertz CT molecular complexity index is 596. The van der Waals surface area contributed by atoms with Crippen LogP contribution in [0.4, 0.5) is 16.0 Å². The second-order valence-corrected chi connectivity index (χ2v) is 4.87. The predicted molar refractivity (Wildman–Crippen MR) is 84.3 cm³/mol. The van der Waals surface area contributed by atoms with Gasteiger partial charge in [-0.25, -0.2) is 14.4 Å². The molecule has 1 aromatic heterocycles. The van der Waals surface area contributed by atoms with Crippen LogP contribution in [0, 0.1) is 12.7 Å². The number of hydrogen-bond donors (Lipinski definition) is 2. The molecule has 2 aromatic rings. The zero-order valence-corrected chi connectivity index (χ0v) is 12.7. The van der Waals surface area contributed by atoms with Crippen molar-refractivity contribution in [2.24, 2.45) is 0 Å². The third kappa shape index (κ3) is 3.90. The Kier molecular flexibility index (Phi) is 5.09. The lowest BCUT2D eigenvalue weighted by Crippen LogP contribution is -2.11. The number of halogens is 1. The summed E-state index contributed by atoms with van der Waals surface area (Å²) < 4.78 is 12.9. The minimum absolute atomic E-state index is 0.204. The lowest BCUT2D eigenvalue weighted by Gasteiger charge is -2.13. The Hall–Kier alpha value is -2.17. The van der Waals surface area contributed by atoms with Crippen molar-refractivity contribution < 1.29 is 4.39 Å². The van der Waals surface area contributed by atoms with Crippen molar-refractivity contribution >= 4 is 11.6 Å². The van der Waals surface area contributed by atoms with Crippen LogP contribution in [-0.2, 0) is 12.8 Å². The summed E-state index contributed by atoms with van der Waals surface area (Å²) in [4.78, 5) is 8.96. The number of aromatic nitrogens is 2. The highest BCUT2D eigenvalue weighted by Gasteiger charge is 2.08. The molecule has 0 aliphatic heterocycles. The van der Waals surface area contributed by atoms with Crippen molar-refractivity contribution in [3.8, 4) is 0 Å². The third-order valence-electron chi connectivity index (χ3n) is 3.36. The molecule has 0 radical (unpaired) electrons. The molecule has 2 rings (SSSR count). The Balaban J connectivity index is 2.03. The summed E-state index contributed by atoms with van der Waals surface area (Å²) in [7, 11) is 1.86. The molecule has 112 valence electrons. The second kappa shape index (κ2) is 7.02. The van der Waals surface area contributed by atoms with Crippen molar-refractivity contribution in [1.82, 2.24) is 9.97 Å². The zero-order valence-electron chi connectivity index (χ0n) is 12.7. The van der Waals surface area contributed by atoms with Crippen LogP contribution >= 0.6 is 0 Å². The number of benzene rings is 1. The van der Waals surface area contributed by atoms with Gasteiger partial charge in [-0.2, -0.15) is 0 Å². The molecule has 4 nitrogen and oxygen atoms in total. The van der Waals surface area contributed by atoms with Gasteiger partial charge in [0.2, 0.25) is 0 Å². The molecule has 0 aliphatic carbocycles. The van der Waals surface area contributed by atoms with Gasteiger partial charge in [0.05, 0.1) is 0 Å². The summed E-state index contributed by atoms with van der Waals surface area (Å²) in [5.74, 6) is 2.32. The highest BCUT2D eigenvalue weighted by Crippen LogP contribution is 2.19. The largest absolute Gasteiger partial charge is 0.373 e. The first-order valence-corrected chi connectivity index (χ1v) is 7.17. The normalized spacial score (nSPS) is 10.5. The quantitative estimate of drug-likeness (QED) is 0.857. The van der Waals surface area contributed by atoms with Gasteiger partial charge in [-0.1, -0.05) is 19.1 Å². The molecule has 0 aliphatic rings. The van der Waals surface area contributed by atoms with Gasteiger partial charge in [0, 0.05) is 25.6 Å². The summed E-state index contributed by atoms with van der Waals surface area (Å²) in [5, 5.41) is 6.43. The van der Waals surface area contributed by atoms with E-state index in [4.69, 9.17) is 0 Å². The monoisotopic (exact) mass is 288 g/mol. The van der Waals surface area contributed by atoms with Crippen molar-refractivity contribution in [3.63, 3.8) is 0 Å². The van der Waals surface area contributed by atoms with Gasteiger partial charge in [-0.05, 0) is 31.0 Å². The predicted octanol–water partition coefficient (Wildman–Crippen LogP) is 3.18. The molecule has 0 atom stereocenters. The first-order chi connectivity index (χ1) is 10.1. The molecule has 0 spiro atoms. The molecule has 0 saturated heterocycles. The third-order valence-corrected chi connectivity index (χ3v) is 3.36. The minimum atomic E-state index is -0.204. The standard InChI is InChI=1S/C16H21FN4/c1-4-14-20-15(18-3)11(2)16(21-14)19-10-9-12-5-7-13(17)8-6-12/h5-8H,4,9-10H2,1-3H3,(H2,18,19,20,21). The van der Waals surface area contributed by atoms with Crippen LogP contribution in [0.1, 0.15) is 23.9 Å². The summed E-state index contributed by atoms with van der Waals surface area (Å²) >= 11 is 0.